The first kappa shape index (κ1) is 46.4. The van der Waals surface area contributed by atoms with E-state index in [2.05, 4.69) is 0 Å². The smallest absolute Gasteiger partial charge is 0.187 e. The number of hydrogen-bond donors (Lipinski definition) is 2. The molecule has 6 aromatic rings. The fourth-order valence-electron chi connectivity index (χ4n) is 8.05. The molecule has 0 saturated carbocycles. The molecular weight excluding hydrogens is 825 g/mol. The molecule has 2 fully saturated rings. The molecule has 0 unspecified atom stereocenters. The standard InChI is InChI=1S/C54H58O11/c55-47-50(61-35-43-27-15-5-16-28-43)48(59-33-41-23-11-3-12-24-41)46(38-58-32-40-21-9-2-10-22-40)64-54(47)65-51-49(60-34-42-25-13-4-14-26-42)45(37-57-31-39-19-7-1-8-20-39)63-53(56)52(51)62-36-44-29-17-6-18-30-44/h1-30,45-56H,31-38H2/t45-,46-,47-,48-,49+,50-,51+,52-,53-,54+/m1/s1. The lowest BCUT2D eigenvalue weighted by Gasteiger charge is -2.49. The molecule has 11 heteroatoms. The van der Waals surface area contributed by atoms with Crippen LogP contribution in [0.5, 0.6) is 0 Å². The van der Waals surface area contributed by atoms with E-state index in [1.807, 2.05) is 182 Å². The number of benzene rings is 6. The van der Waals surface area contributed by atoms with Crippen molar-refractivity contribution >= 4 is 0 Å². The summed E-state index contributed by atoms with van der Waals surface area (Å²) in [5.41, 5.74) is 5.62. The van der Waals surface area contributed by atoms with Gasteiger partial charge in [-0.05, 0) is 33.4 Å². The van der Waals surface area contributed by atoms with Crippen molar-refractivity contribution < 1.29 is 52.8 Å². The molecule has 11 nitrogen and oxygen atoms in total. The Morgan fingerprint density at radius 2 is 0.646 bits per heavy atom. The molecule has 10 atom stereocenters. The Morgan fingerprint density at radius 1 is 0.338 bits per heavy atom. The fraction of sp³-hybridized carbons (Fsp3) is 0.333. The van der Waals surface area contributed by atoms with Gasteiger partial charge in [0.25, 0.3) is 0 Å². The van der Waals surface area contributed by atoms with E-state index < -0.39 is 61.4 Å². The maximum atomic E-state index is 12.5. The zero-order valence-corrected chi connectivity index (χ0v) is 36.3. The minimum absolute atomic E-state index is 0.0545. The maximum absolute atomic E-state index is 12.5. The van der Waals surface area contributed by atoms with Gasteiger partial charge in [0.2, 0.25) is 0 Å². The van der Waals surface area contributed by atoms with Gasteiger partial charge in [0.15, 0.2) is 12.6 Å². The van der Waals surface area contributed by atoms with E-state index >= 15 is 0 Å². The van der Waals surface area contributed by atoms with Crippen LogP contribution in [-0.4, -0.2) is 84.8 Å². The van der Waals surface area contributed by atoms with Crippen molar-refractivity contribution in [3.63, 3.8) is 0 Å². The van der Waals surface area contributed by atoms with E-state index in [0.29, 0.717) is 13.2 Å². The summed E-state index contributed by atoms with van der Waals surface area (Å²) >= 11 is 0. The quantitative estimate of drug-likeness (QED) is 0.0691. The highest BCUT2D eigenvalue weighted by Crippen LogP contribution is 2.35. The molecule has 0 aliphatic carbocycles. The van der Waals surface area contributed by atoms with Crippen molar-refractivity contribution in [1.82, 2.24) is 0 Å². The first-order chi connectivity index (χ1) is 32.1. The molecule has 8 rings (SSSR count). The van der Waals surface area contributed by atoms with Crippen molar-refractivity contribution in [3.05, 3.63) is 215 Å². The van der Waals surface area contributed by atoms with Gasteiger partial charge < -0.3 is 52.8 Å². The average molecular weight is 883 g/mol. The molecule has 2 aliphatic heterocycles. The van der Waals surface area contributed by atoms with Gasteiger partial charge in [-0.1, -0.05) is 182 Å². The Balaban J connectivity index is 1.11. The van der Waals surface area contributed by atoms with Gasteiger partial charge in [-0.3, -0.25) is 0 Å². The molecule has 340 valence electrons. The Hall–Kier alpha value is -5.12. The molecule has 2 aliphatic rings. The van der Waals surface area contributed by atoms with E-state index in [0.717, 1.165) is 33.4 Å². The van der Waals surface area contributed by atoms with Crippen molar-refractivity contribution in [3.8, 4) is 0 Å². The lowest BCUT2D eigenvalue weighted by atomic mass is 9.96. The second kappa shape index (κ2) is 24.4. The third-order valence-electron chi connectivity index (χ3n) is 11.4. The average Bonchev–Trinajstić information content (AvgIpc) is 3.35. The van der Waals surface area contributed by atoms with Crippen LogP contribution in [0.1, 0.15) is 33.4 Å². The van der Waals surface area contributed by atoms with Crippen LogP contribution in [0.2, 0.25) is 0 Å². The van der Waals surface area contributed by atoms with Crippen LogP contribution in [-0.2, 0) is 82.3 Å². The first-order valence-corrected chi connectivity index (χ1v) is 22.3. The zero-order valence-electron chi connectivity index (χ0n) is 36.3. The van der Waals surface area contributed by atoms with Gasteiger partial charge in [0.1, 0.15) is 48.8 Å². The highest BCUT2D eigenvalue weighted by molar-refractivity contribution is 5.18. The van der Waals surface area contributed by atoms with Crippen LogP contribution in [0.15, 0.2) is 182 Å². The summed E-state index contributed by atoms with van der Waals surface area (Å²) in [5, 5.41) is 24.4. The van der Waals surface area contributed by atoms with Gasteiger partial charge >= 0.3 is 0 Å². The summed E-state index contributed by atoms with van der Waals surface area (Å²) in [7, 11) is 0. The Bertz CT molecular complexity index is 2210. The predicted molar refractivity (Wildman–Crippen MR) is 243 cm³/mol. The summed E-state index contributed by atoms with van der Waals surface area (Å²) in [5.74, 6) is 0. The molecule has 6 aromatic carbocycles. The van der Waals surface area contributed by atoms with E-state index in [4.69, 9.17) is 42.6 Å². The summed E-state index contributed by atoms with van der Waals surface area (Å²) in [4.78, 5) is 0. The second-order valence-corrected chi connectivity index (χ2v) is 16.2. The van der Waals surface area contributed by atoms with Crippen molar-refractivity contribution in [2.75, 3.05) is 13.2 Å². The number of hydrogen-bond acceptors (Lipinski definition) is 11. The summed E-state index contributed by atoms with van der Waals surface area (Å²) in [6.07, 6.45) is -10.6. The predicted octanol–water partition coefficient (Wildman–Crippen LogP) is 7.95. The van der Waals surface area contributed by atoms with Crippen LogP contribution in [0, 0.1) is 0 Å². The highest BCUT2D eigenvalue weighted by atomic mass is 16.7. The van der Waals surface area contributed by atoms with E-state index in [9.17, 15) is 10.2 Å². The molecule has 0 spiro atoms. The number of rotatable bonds is 22. The van der Waals surface area contributed by atoms with E-state index in [1.165, 1.54) is 0 Å². The minimum atomic E-state index is -1.47. The third kappa shape index (κ3) is 13.5. The lowest BCUT2D eigenvalue weighted by Crippen LogP contribution is -2.66. The van der Waals surface area contributed by atoms with Gasteiger partial charge in [-0.15, -0.1) is 0 Å². The molecule has 0 amide bonds. The van der Waals surface area contributed by atoms with Crippen LogP contribution in [0.3, 0.4) is 0 Å². The molecule has 65 heavy (non-hydrogen) atoms. The Morgan fingerprint density at radius 3 is 1.03 bits per heavy atom. The van der Waals surface area contributed by atoms with Crippen LogP contribution >= 0.6 is 0 Å². The van der Waals surface area contributed by atoms with Gasteiger partial charge in [-0.2, -0.15) is 0 Å². The SMILES string of the molecule is O[C@H]1[C@H](O[C@@H]2[C@@H](OCc3ccccc3)[C@H](O)O[C@H](COCc3ccccc3)[C@@H]2OCc2ccccc2)O[C@H](COCc2ccccc2)[C@@H](OCc2ccccc2)[C@@H]1OCc1ccccc1. The zero-order chi connectivity index (χ0) is 44.5. The second-order valence-electron chi connectivity index (χ2n) is 16.2. The van der Waals surface area contributed by atoms with Gasteiger partial charge in [0.05, 0.1) is 52.9 Å². The van der Waals surface area contributed by atoms with Crippen LogP contribution < -0.4 is 0 Å². The maximum Gasteiger partial charge on any atom is 0.187 e. The number of aliphatic hydroxyl groups excluding tert-OH is 2. The molecule has 0 radical (unpaired) electrons. The Labute approximate surface area is 381 Å². The van der Waals surface area contributed by atoms with Crippen LogP contribution in [0.25, 0.3) is 0 Å². The van der Waals surface area contributed by atoms with Crippen molar-refractivity contribution in [2.24, 2.45) is 0 Å². The summed E-state index contributed by atoms with van der Waals surface area (Å²) in [6.45, 7) is 1.50. The fourth-order valence-corrected chi connectivity index (χ4v) is 8.05. The third-order valence-corrected chi connectivity index (χ3v) is 11.4. The van der Waals surface area contributed by atoms with Crippen molar-refractivity contribution in [1.29, 1.82) is 0 Å². The largest absolute Gasteiger partial charge is 0.385 e. The minimum Gasteiger partial charge on any atom is -0.385 e. The van der Waals surface area contributed by atoms with Gasteiger partial charge in [-0.25, -0.2) is 0 Å². The normalized spacial score (nSPS) is 25.6. The summed E-state index contributed by atoms with van der Waals surface area (Å²) < 4.78 is 59.2. The number of ether oxygens (including phenoxy) is 9. The molecule has 2 N–H and O–H groups in total. The number of aliphatic hydroxyl groups is 2. The molecular formula is C54H58O11. The highest BCUT2D eigenvalue weighted by Gasteiger charge is 2.53. The van der Waals surface area contributed by atoms with Gasteiger partial charge in [0, 0.05) is 0 Å². The molecule has 0 bridgehead atoms. The molecule has 0 aromatic heterocycles. The van der Waals surface area contributed by atoms with Crippen molar-refractivity contribution in [2.45, 2.75) is 101 Å². The lowest BCUT2D eigenvalue weighted by molar-refractivity contribution is -0.371. The van der Waals surface area contributed by atoms with E-state index in [-0.39, 0.29) is 39.6 Å². The first-order valence-electron chi connectivity index (χ1n) is 22.3. The Kier molecular flexibility index (Phi) is 17.4. The van der Waals surface area contributed by atoms with Crippen LogP contribution in [0.4, 0.5) is 0 Å². The monoisotopic (exact) mass is 882 g/mol. The molecule has 2 saturated heterocycles. The summed E-state index contributed by atoms with van der Waals surface area (Å²) in [6, 6.07) is 58.7. The topological polar surface area (TPSA) is 124 Å². The van der Waals surface area contributed by atoms with E-state index in [1.54, 1.807) is 0 Å². The molecule has 2 heterocycles.